The highest BCUT2D eigenvalue weighted by atomic mass is 16.3. The van der Waals surface area contributed by atoms with Gasteiger partial charge in [0.2, 0.25) is 0 Å². The van der Waals surface area contributed by atoms with E-state index in [1.165, 1.54) is 0 Å². The van der Waals surface area contributed by atoms with Crippen LogP contribution in [0.5, 0.6) is 0 Å². The summed E-state index contributed by atoms with van der Waals surface area (Å²) in [5, 5.41) is 12.6. The van der Waals surface area contributed by atoms with Gasteiger partial charge < -0.3 is 15.8 Å². The molecular formula is C11H17N5O. The van der Waals surface area contributed by atoms with E-state index in [4.69, 9.17) is 5.84 Å². The Bertz CT molecular complexity index is 428. The summed E-state index contributed by atoms with van der Waals surface area (Å²) in [6.07, 6.45) is 4.27. The van der Waals surface area contributed by atoms with Crippen molar-refractivity contribution in [1.82, 2.24) is 9.97 Å². The molecule has 0 bridgehead atoms. The van der Waals surface area contributed by atoms with Crippen LogP contribution in [0.1, 0.15) is 37.4 Å². The molecule has 5 N–H and O–H groups in total. The van der Waals surface area contributed by atoms with Crippen LogP contribution in [0.25, 0.3) is 0 Å². The summed E-state index contributed by atoms with van der Waals surface area (Å²) in [6, 6.07) is 1.78. The normalized spacial score (nSPS) is 21.1. The van der Waals surface area contributed by atoms with Crippen LogP contribution in [-0.4, -0.2) is 27.2 Å². The zero-order chi connectivity index (χ0) is 11.9. The molecule has 1 aromatic heterocycles. The molecule has 2 aliphatic carbocycles. The van der Waals surface area contributed by atoms with Crippen molar-refractivity contribution in [2.45, 2.75) is 37.1 Å². The molecule has 0 unspecified atom stereocenters. The van der Waals surface area contributed by atoms with Gasteiger partial charge in [-0.05, 0) is 25.7 Å². The summed E-state index contributed by atoms with van der Waals surface area (Å²) in [4.78, 5) is 8.83. The van der Waals surface area contributed by atoms with E-state index in [1.54, 1.807) is 6.07 Å². The Kier molecular flexibility index (Phi) is 2.41. The minimum atomic E-state index is -0.166. The molecule has 3 rings (SSSR count). The fourth-order valence-corrected chi connectivity index (χ4v) is 1.87. The highest BCUT2D eigenvalue weighted by Gasteiger charge is 2.42. The first-order valence-electron chi connectivity index (χ1n) is 5.99. The van der Waals surface area contributed by atoms with E-state index < -0.39 is 0 Å². The molecule has 2 fully saturated rings. The van der Waals surface area contributed by atoms with Crippen molar-refractivity contribution in [2.24, 2.45) is 5.84 Å². The third-order valence-corrected chi connectivity index (χ3v) is 3.38. The number of aromatic nitrogens is 2. The van der Waals surface area contributed by atoms with Gasteiger partial charge in [0.15, 0.2) is 0 Å². The minimum absolute atomic E-state index is 0.140. The monoisotopic (exact) mass is 235 g/mol. The van der Waals surface area contributed by atoms with Gasteiger partial charge in [-0.15, -0.1) is 0 Å². The Morgan fingerprint density at radius 2 is 2.06 bits per heavy atom. The highest BCUT2D eigenvalue weighted by Crippen LogP contribution is 2.41. The lowest BCUT2D eigenvalue weighted by atomic mass is 10.3. The smallest absolute Gasteiger partial charge is 0.145 e. The third kappa shape index (κ3) is 2.18. The van der Waals surface area contributed by atoms with Gasteiger partial charge in [-0.25, -0.2) is 15.8 Å². The van der Waals surface area contributed by atoms with Crippen LogP contribution in [0.3, 0.4) is 0 Å². The molecule has 6 nitrogen and oxygen atoms in total. The van der Waals surface area contributed by atoms with E-state index >= 15 is 0 Å². The molecule has 0 radical (unpaired) electrons. The Morgan fingerprint density at radius 3 is 2.59 bits per heavy atom. The van der Waals surface area contributed by atoms with Gasteiger partial charge in [-0.3, -0.25) is 0 Å². The number of nitrogens with two attached hydrogens (primary N) is 1. The molecule has 2 saturated carbocycles. The second-order valence-corrected chi connectivity index (χ2v) is 4.98. The van der Waals surface area contributed by atoms with Crippen molar-refractivity contribution < 1.29 is 5.11 Å². The predicted molar refractivity (Wildman–Crippen MR) is 64.5 cm³/mol. The first-order chi connectivity index (χ1) is 8.24. The van der Waals surface area contributed by atoms with E-state index in [1.807, 2.05) is 0 Å². The molecule has 0 aromatic carbocycles. The Labute approximate surface area is 99.6 Å². The van der Waals surface area contributed by atoms with Gasteiger partial charge >= 0.3 is 0 Å². The lowest BCUT2D eigenvalue weighted by molar-refractivity contribution is 0.266. The van der Waals surface area contributed by atoms with Crippen molar-refractivity contribution in [2.75, 3.05) is 17.3 Å². The van der Waals surface area contributed by atoms with Crippen LogP contribution in [-0.2, 0) is 0 Å². The molecule has 1 heterocycles. The predicted octanol–water partition coefficient (Wildman–Crippen LogP) is 0.576. The lowest BCUT2D eigenvalue weighted by Gasteiger charge is -2.16. The first kappa shape index (κ1) is 10.7. The summed E-state index contributed by atoms with van der Waals surface area (Å²) in [5.74, 6) is 8.10. The number of hydrogen-bond acceptors (Lipinski definition) is 6. The number of hydrazine groups is 1. The van der Waals surface area contributed by atoms with Crippen molar-refractivity contribution in [3.63, 3.8) is 0 Å². The lowest BCUT2D eigenvalue weighted by Crippen LogP contribution is -2.26. The van der Waals surface area contributed by atoms with E-state index in [2.05, 4.69) is 20.7 Å². The van der Waals surface area contributed by atoms with Gasteiger partial charge in [-0.1, -0.05) is 0 Å². The molecule has 0 aliphatic heterocycles. The standard InChI is InChI=1S/C11H17N5O/c12-16-9-5-8(15-11(6-17)3-4-11)13-10(14-9)7-1-2-7/h5,7,17H,1-4,6,12H2,(H2,13,14,15,16). The summed E-state index contributed by atoms with van der Waals surface area (Å²) in [5.41, 5.74) is 2.40. The molecule has 1 aromatic rings. The summed E-state index contributed by atoms with van der Waals surface area (Å²) in [7, 11) is 0. The molecule has 2 aliphatic rings. The zero-order valence-electron chi connectivity index (χ0n) is 9.61. The number of rotatable bonds is 5. The second-order valence-electron chi connectivity index (χ2n) is 4.98. The number of aliphatic hydroxyl groups is 1. The quantitative estimate of drug-likeness (QED) is 0.440. The molecule has 0 spiro atoms. The average Bonchev–Trinajstić information content (AvgIpc) is 3.23. The Hall–Kier alpha value is -1.40. The number of hydrogen-bond donors (Lipinski definition) is 4. The van der Waals surface area contributed by atoms with Crippen LogP contribution in [0.4, 0.5) is 11.6 Å². The number of aliphatic hydroxyl groups excluding tert-OH is 1. The summed E-state index contributed by atoms with van der Waals surface area (Å²) < 4.78 is 0. The average molecular weight is 235 g/mol. The number of anilines is 2. The minimum Gasteiger partial charge on any atom is -0.394 e. The molecular weight excluding hydrogens is 218 g/mol. The Morgan fingerprint density at radius 1 is 1.35 bits per heavy atom. The van der Waals surface area contributed by atoms with Gasteiger partial charge in [0.25, 0.3) is 0 Å². The van der Waals surface area contributed by atoms with E-state index in [0.717, 1.165) is 37.3 Å². The van der Waals surface area contributed by atoms with Gasteiger partial charge in [0, 0.05) is 12.0 Å². The fourth-order valence-electron chi connectivity index (χ4n) is 1.87. The molecule has 0 amide bonds. The van der Waals surface area contributed by atoms with E-state index in [-0.39, 0.29) is 12.1 Å². The van der Waals surface area contributed by atoms with Gasteiger partial charge in [-0.2, -0.15) is 0 Å². The fraction of sp³-hybridized carbons (Fsp3) is 0.636. The number of nitrogen functional groups attached to an aromatic ring is 1. The van der Waals surface area contributed by atoms with Gasteiger partial charge in [0.05, 0.1) is 12.1 Å². The Balaban J connectivity index is 1.84. The van der Waals surface area contributed by atoms with Crippen LogP contribution in [0.15, 0.2) is 6.07 Å². The number of nitrogens with one attached hydrogen (secondary N) is 2. The van der Waals surface area contributed by atoms with Gasteiger partial charge in [0.1, 0.15) is 17.5 Å². The summed E-state index contributed by atoms with van der Waals surface area (Å²) >= 11 is 0. The molecule has 17 heavy (non-hydrogen) atoms. The van der Waals surface area contributed by atoms with E-state index in [9.17, 15) is 5.11 Å². The third-order valence-electron chi connectivity index (χ3n) is 3.38. The number of nitrogens with zero attached hydrogens (tertiary/aromatic N) is 2. The maximum Gasteiger partial charge on any atom is 0.145 e. The molecule has 6 heteroatoms. The van der Waals surface area contributed by atoms with E-state index in [0.29, 0.717) is 11.7 Å². The molecule has 0 saturated heterocycles. The maximum atomic E-state index is 9.29. The van der Waals surface area contributed by atoms with Crippen LogP contribution in [0.2, 0.25) is 0 Å². The van der Waals surface area contributed by atoms with Crippen molar-refractivity contribution in [3.8, 4) is 0 Å². The first-order valence-corrected chi connectivity index (χ1v) is 5.99. The second kappa shape index (κ2) is 3.82. The SMILES string of the molecule is NNc1cc(NC2(CO)CC2)nc(C2CC2)n1. The molecule has 92 valence electrons. The van der Waals surface area contributed by atoms with Crippen molar-refractivity contribution in [1.29, 1.82) is 0 Å². The molecule has 0 atom stereocenters. The highest BCUT2D eigenvalue weighted by molar-refractivity contribution is 5.50. The van der Waals surface area contributed by atoms with Crippen LogP contribution in [0, 0.1) is 0 Å². The van der Waals surface area contributed by atoms with Crippen LogP contribution < -0.4 is 16.6 Å². The van der Waals surface area contributed by atoms with Crippen LogP contribution >= 0.6 is 0 Å². The van der Waals surface area contributed by atoms with Crippen molar-refractivity contribution >= 4 is 11.6 Å². The topological polar surface area (TPSA) is 96.1 Å². The summed E-state index contributed by atoms with van der Waals surface area (Å²) in [6.45, 7) is 0.140. The maximum absolute atomic E-state index is 9.29. The zero-order valence-corrected chi connectivity index (χ0v) is 9.61. The largest absolute Gasteiger partial charge is 0.394 e. The van der Waals surface area contributed by atoms with Crippen molar-refractivity contribution in [3.05, 3.63) is 11.9 Å².